The van der Waals surface area contributed by atoms with Gasteiger partial charge < -0.3 is 14.5 Å². The van der Waals surface area contributed by atoms with Crippen molar-refractivity contribution >= 4 is 17.7 Å². The van der Waals surface area contributed by atoms with Gasteiger partial charge in [-0.1, -0.05) is 6.07 Å². The summed E-state index contributed by atoms with van der Waals surface area (Å²) in [5.41, 5.74) is 1.44. The summed E-state index contributed by atoms with van der Waals surface area (Å²) < 4.78 is 5.98. The van der Waals surface area contributed by atoms with Gasteiger partial charge in [-0.25, -0.2) is 0 Å². The molecule has 1 N–H and O–H groups in total. The fraction of sp³-hybridized carbons (Fsp3) is 0.550. The molecule has 0 aliphatic carbocycles. The predicted octanol–water partition coefficient (Wildman–Crippen LogP) is 1.31. The smallest absolute Gasteiger partial charge is 0.255 e. The lowest BCUT2D eigenvalue weighted by atomic mass is 10.0. The first kappa shape index (κ1) is 18.0. The highest BCUT2D eigenvalue weighted by molar-refractivity contribution is 6.05. The molecule has 4 rings (SSSR count). The van der Waals surface area contributed by atoms with Crippen LogP contribution in [0.3, 0.4) is 0 Å². The molecule has 3 heterocycles. The van der Waals surface area contributed by atoms with Crippen molar-refractivity contribution in [1.29, 1.82) is 0 Å². The van der Waals surface area contributed by atoms with E-state index in [1.165, 1.54) is 25.9 Å². The van der Waals surface area contributed by atoms with Crippen molar-refractivity contribution in [3.8, 4) is 5.75 Å². The second-order valence-electron chi connectivity index (χ2n) is 7.43. The third-order valence-corrected chi connectivity index (χ3v) is 5.61. The van der Waals surface area contributed by atoms with Gasteiger partial charge in [-0.3, -0.25) is 19.7 Å². The van der Waals surface area contributed by atoms with Crippen molar-refractivity contribution in [3.05, 3.63) is 29.3 Å². The van der Waals surface area contributed by atoms with Crippen LogP contribution in [0.25, 0.3) is 0 Å². The minimum Gasteiger partial charge on any atom is -0.493 e. The molecule has 1 unspecified atom stereocenters. The first-order chi connectivity index (χ1) is 13.1. The minimum atomic E-state index is -0.592. The number of carbonyl (C=O) groups is 3. The molecule has 27 heavy (non-hydrogen) atoms. The van der Waals surface area contributed by atoms with Gasteiger partial charge in [-0.2, -0.15) is 0 Å². The van der Waals surface area contributed by atoms with E-state index in [1.54, 1.807) is 11.0 Å². The average molecular weight is 371 g/mol. The van der Waals surface area contributed by atoms with Gasteiger partial charge >= 0.3 is 0 Å². The zero-order valence-electron chi connectivity index (χ0n) is 15.4. The first-order valence-corrected chi connectivity index (χ1v) is 9.75. The van der Waals surface area contributed by atoms with E-state index >= 15 is 0 Å². The van der Waals surface area contributed by atoms with E-state index in [-0.39, 0.29) is 24.1 Å². The van der Waals surface area contributed by atoms with Crippen LogP contribution < -0.4 is 10.1 Å². The highest BCUT2D eigenvalue weighted by Crippen LogP contribution is 2.33. The Morgan fingerprint density at radius 2 is 1.96 bits per heavy atom. The van der Waals surface area contributed by atoms with E-state index in [0.29, 0.717) is 25.1 Å². The van der Waals surface area contributed by atoms with Gasteiger partial charge in [0.2, 0.25) is 11.8 Å². The Labute approximate surface area is 158 Å². The Balaban J connectivity index is 1.39. The highest BCUT2D eigenvalue weighted by Gasteiger charge is 2.40. The zero-order valence-corrected chi connectivity index (χ0v) is 15.4. The Morgan fingerprint density at radius 1 is 1.15 bits per heavy atom. The molecule has 0 bridgehead atoms. The first-order valence-electron chi connectivity index (χ1n) is 9.75. The van der Waals surface area contributed by atoms with Crippen molar-refractivity contribution in [2.24, 2.45) is 0 Å². The quantitative estimate of drug-likeness (QED) is 0.603. The highest BCUT2D eigenvalue weighted by atomic mass is 16.5. The summed E-state index contributed by atoms with van der Waals surface area (Å²) in [5.74, 6) is -0.109. The zero-order chi connectivity index (χ0) is 18.8. The molecule has 3 aliphatic rings. The number of ether oxygens (including phenoxy) is 1. The van der Waals surface area contributed by atoms with Crippen LogP contribution in [-0.2, 0) is 16.1 Å². The number of fused-ring (bicyclic) bond motifs is 1. The lowest BCUT2D eigenvalue weighted by Gasteiger charge is -2.29. The van der Waals surface area contributed by atoms with Crippen molar-refractivity contribution in [3.63, 3.8) is 0 Å². The molecule has 1 aromatic rings. The molecule has 1 atom stereocenters. The van der Waals surface area contributed by atoms with E-state index in [0.717, 1.165) is 24.3 Å². The van der Waals surface area contributed by atoms with Crippen molar-refractivity contribution in [2.75, 3.05) is 26.2 Å². The minimum absolute atomic E-state index is 0.165. The van der Waals surface area contributed by atoms with Gasteiger partial charge in [0, 0.05) is 24.1 Å². The normalized spacial score (nSPS) is 22.9. The van der Waals surface area contributed by atoms with Crippen molar-refractivity contribution in [2.45, 2.75) is 44.7 Å². The van der Waals surface area contributed by atoms with Gasteiger partial charge in [0.1, 0.15) is 11.8 Å². The maximum absolute atomic E-state index is 12.8. The number of benzene rings is 1. The summed E-state index contributed by atoms with van der Waals surface area (Å²) in [4.78, 5) is 40.3. The number of likely N-dealkylation sites (tertiary alicyclic amines) is 1. The predicted molar refractivity (Wildman–Crippen MR) is 98.3 cm³/mol. The largest absolute Gasteiger partial charge is 0.493 e. The molecule has 144 valence electrons. The molecule has 0 spiro atoms. The van der Waals surface area contributed by atoms with Gasteiger partial charge in [-0.15, -0.1) is 0 Å². The van der Waals surface area contributed by atoms with E-state index in [4.69, 9.17) is 4.74 Å². The van der Waals surface area contributed by atoms with Crippen LogP contribution >= 0.6 is 0 Å². The molecular formula is C20H25N3O4. The number of hydrogen-bond donors (Lipinski definition) is 1. The fourth-order valence-corrected chi connectivity index (χ4v) is 4.17. The van der Waals surface area contributed by atoms with Crippen LogP contribution in [0.4, 0.5) is 0 Å². The van der Waals surface area contributed by atoms with Crippen LogP contribution in [0.5, 0.6) is 5.75 Å². The van der Waals surface area contributed by atoms with Crippen molar-refractivity contribution in [1.82, 2.24) is 15.1 Å². The number of piperidine rings is 1. The maximum atomic E-state index is 12.8. The molecule has 1 aromatic carbocycles. The number of nitrogens with one attached hydrogen (secondary N) is 1. The van der Waals surface area contributed by atoms with E-state index in [2.05, 4.69) is 10.2 Å². The number of amides is 3. The number of rotatable bonds is 6. The summed E-state index contributed by atoms with van der Waals surface area (Å²) in [6.45, 7) is 4.35. The molecule has 3 aliphatic heterocycles. The lowest BCUT2D eigenvalue weighted by Crippen LogP contribution is -2.52. The van der Waals surface area contributed by atoms with E-state index < -0.39 is 6.04 Å². The molecule has 2 saturated heterocycles. The third-order valence-electron chi connectivity index (χ3n) is 5.61. The van der Waals surface area contributed by atoms with Crippen LogP contribution in [-0.4, -0.2) is 59.8 Å². The molecule has 7 heteroatoms. The molecule has 0 radical (unpaired) electrons. The summed E-state index contributed by atoms with van der Waals surface area (Å²) in [7, 11) is 0. The second-order valence-corrected chi connectivity index (χ2v) is 7.43. The van der Waals surface area contributed by atoms with Gasteiger partial charge in [0.15, 0.2) is 0 Å². The monoisotopic (exact) mass is 371 g/mol. The Hall–Kier alpha value is -2.41. The van der Waals surface area contributed by atoms with Gasteiger partial charge in [0.25, 0.3) is 5.91 Å². The van der Waals surface area contributed by atoms with E-state index in [9.17, 15) is 14.4 Å². The third kappa shape index (κ3) is 3.69. The van der Waals surface area contributed by atoms with Gasteiger partial charge in [0.05, 0.1) is 13.2 Å². The summed E-state index contributed by atoms with van der Waals surface area (Å²) in [6, 6.07) is 4.89. The molecule has 3 amide bonds. The number of carbonyl (C=O) groups excluding carboxylic acids is 3. The molecule has 7 nitrogen and oxygen atoms in total. The van der Waals surface area contributed by atoms with E-state index in [1.807, 2.05) is 12.1 Å². The van der Waals surface area contributed by atoms with Gasteiger partial charge in [-0.05, 0) is 50.9 Å². The molecular weight excluding hydrogens is 346 g/mol. The average Bonchev–Trinajstić information content (AvgIpc) is 3.28. The number of imide groups is 1. The number of nitrogens with zero attached hydrogens (tertiary/aromatic N) is 2. The Morgan fingerprint density at radius 3 is 2.74 bits per heavy atom. The van der Waals surface area contributed by atoms with Crippen LogP contribution in [0.2, 0.25) is 0 Å². The topological polar surface area (TPSA) is 79.0 Å². The Kier molecular flexibility index (Phi) is 5.11. The summed E-state index contributed by atoms with van der Waals surface area (Å²) >= 11 is 0. The molecule has 2 fully saturated rings. The Bertz CT molecular complexity index is 758. The summed E-state index contributed by atoms with van der Waals surface area (Å²) in [5, 5.41) is 2.33. The number of hydrogen-bond acceptors (Lipinski definition) is 5. The molecule has 0 saturated carbocycles. The van der Waals surface area contributed by atoms with Crippen LogP contribution in [0.15, 0.2) is 18.2 Å². The maximum Gasteiger partial charge on any atom is 0.255 e. The molecule has 0 aromatic heterocycles. The van der Waals surface area contributed by atoms with Crippen LogP contribution in [0, 0.1) is 0 Å². The second kappa shape index (κ2) is 7.68. The lowest BCUT2D eigenvalue weighted by molar-refractivity contribution is -0.136. The van der Waals surface area contributed by atoms with Crippen LogP contribution in [0.1, 0.15) is 48.0 Å². The fourth-order valence-electron chi connectivity index (χ4n) is 4.17. The van der Waals surface area contributed by atoms with Crippen molar-refractivity contribution < 1.29 is 19.1 Å². The standard InChI is InChI=1S/C20H25N3O4/c24-18-8-7-16(19(25)21-18)23-13-15-14(20(23)26)5-3-6-17(15)27-12-4-11-22-9-1-2-10-22/h3,5-6,16H,1-2,4,7-13H2,(H,21,24,25). The summed E-state index contributed by atoms with van der Waals surface area (Å²) in [6.07, 6.45) is 4.15. The SMILES string of the molecule is O=C1CCC(N2Cc3c(OCCCN4CCCC4)cccc3C2=O)C(=O)N1.